The number of ether oxygens (including phenoxy) is 1. The number of anilines is 1. The number of hydrogen-bond acceptors (Lipinski definition) is 5. The third-order valence-electron chi connectivity index (χ3n) is 5.55. The highest BCUT2D eigenvalue weighted by atomic mass is 16.6. The van der Waals surface area contributed by atoms with E-state index in [-0.39, 0.29) is 19.1 Å². The highest BCUT2D eigenvalue weighted by Crippen LogP contribution is 2.26. The summed E-state index contributed by atoms with van der Waals surface area (Å²) in [6.07, 6.45) is -0.727. The molecule has 0 saturated heterocycles. The van der Waals surface area contributed by atoms with Crippen LogP contribution in [0.25, 0.3) is 0 Å². The monoisotopic (exact) mass is 497 g/mol. The van der Waals surface area contributed by atoms with Crippen LogP contribution in [0.15, 0.2) is 48.5 Å². The molecule has 8 nitrogen and oxygen atoms in total. The van der Waals surface area contributed by atoms with Gasteiger partial charge < -0.3 is 25.4 Å². The molecular weight excluding hydrogens is 458 g/mol. The molecule has 196 valence electrons. The van der Waals surface area contributed by atoms with Crippen molar-refractivity contribution in [2.45, 2.75) is 66.2 Å². The molecule has 0 saturated carbocycles. The lowest BCUT2D eigenvalue weighted by molar-refractivity contribution is -0.142. The Balaban J connectivity index is 2.49. The van der Waals surface area contributed by atoms with E-state index in [9.17, 15) is 19.5 Å². The van der Waals surface area contributed by atoms with Crippen molar-refractivity contribution >= 4 is 23.6 Å². The fourth-order valence-electron chi connectivity index (χ4n) is 3.83. The zero-order valence-corrected chi connectivity index (χ0v) is 22.3. The van der Waals surface area contributed by atoms with Crippen LogP contribution < -0.4 is 10.6 Å². The lowest BCUT2D eigenvalue weighted by Gasteiger charge is -2.35. The zero-order chi connectivity index (χ0) is 27.0. The predicted octanol–water partition coefficient (Wildman–Crippen LogP) is 4.35. The maximum atomic E-state index is 13.9. The van der Waals surface area contributed by atoms with Gasteiger partial charge in [-0.2, -0.15) is 0 Å². The van der Waals surface area contributed by atoms with Crippen molar-refractivity contribution in [3.8, 4) is 0 Å². The van der Waals surface area contributed by atoms with Gasteiger partial charge in [0, 0.05) is 12.2 Å². The molecule has 2 rings (SSSR count). The minimum atomic E-state index is -1.04. The van der Waals surface area contributed by atoms with E-state index in [2.05, 4.69) is 10.6 Å². The third kappa shape index (κ3) is 8.09. The Bertz CT molecular complexity index is 1060. The van der Waals surface area contributed by atoms with Gasteiger partial charge in [0.05, 0.1) is 6.61 Å². The van der Waals surface area contributed by atoms with Crippen LogP contribution in [0.2, 0.25) is 0 Å². The summed E-state index contributed by atoms with van der Waals surface area (Å²) in [5.74, 6) is -1.21. The first-order valence-electron chi connectivity index (χ1n) is 12.2. The molecule has 0 bridgehead atoms. The van der Waals surface area contributed by atoms with E-state index in [4.69, 9.17) is 4.74 Å². The van der Waals surface area contributed by atoms with Crippen molar-refractivity contribution in [3.63, 3.8) is 0 Å². The summed E-state index contributed by atoms with van der Waals surface area (Å²) in [5.41, 5.74) is 2.29. The predicted molar refractivity (Wildman–Crippen MR) is 141 cm³/mol. The molecule has 2 aromatic carbocycles. The number of alkyl carbamates (subject to hydrolysis) is 1. The summed E-state index contributed by atoms with van der Waals surface area (Å²) < 4.78 is 5.36. The summed E-state index contributed by atoms with van der Waals surface area (Å²) in [4.78, 5) is 41.4. The Morgan fingerprint density at radius 3 is 2.25 bits per heavy atom. The van der Waals surface area contributed by atoms with Crippen LogP contribution in [0.3, 0.4) is 0 Å². The average Bonchev–Trinajstić information content (AvgIpc) is 2.77. The number of aliphatic hydroxyl groups excluding tert-OH is 1. The molecule has 3 N–H and O–H groups in total. The Labute approximate surface area is 214 Å². The highest BCUT2D eigenvalue weighted by molar-refractivity contribution is 5.99. The molecule has 0 fully saturated rings. The molecule has 2 unspecified atom stereocenters. The van der Waals surface area contributed by atoms with Crippen LogP contribution >= 0.6 is 0 Å². The number of rotatable bonds is 9. The summed E-state index contributed by atoms with van der Waals surface area (Å²) in [7, 11) is 0. The lowest BCUT2D eigenvalue weighted by Crippen LogP contribution is -2.55. The quantitative estimate of drug-likeness (QED) is 0.477. The van der Waals surface area contributed by atoms with E-state index < -0.39 is 35.6 Å². The van der Waals surface area contributed by atoms with Crippen molar-refractivity contribution in [1.29, 1.82) is 0 Å². The SMILES string of the molecule is Cc1cccc(C(C(=O)Nc2ccccc2C)N(CCO)C(=O)C(NC(=O)OC(C)(C)C)C(C)C)c1. The van der Waals surface area contributed by atoms with E-state index in [0.717, 1.165) is 11.1 Å². The van der Waals surface area contributed by atoms with Crippen molar-refractivity contribution in [3.05, 3.63) is 65.2 Å². The number of aryl methyl sites for hydroxylation is 2. The Morgan fingerprint density at radius 1 is 1.03 bits per heavy atom. The standard InChI is InChI=1S/C28H39N3O5/c1-18(2)23(30-27(35)36-28(5,6)7)26(34)31(15-16-32)24(21-13-10-11-19(3)17-21)25(33)29-22-14-9-8-12-20(22)4/h8-14,17-18,23-24,32H,15-16H2,1-7H3,(H,29,33)(H,30,35). The van der Waals surface area contributed by atoms with E-state index in [1.165, 1.54) is 4.90 Å². The van der Waals surface area contributed by atoms with Gasteiger partial charge in [0.25, 0.3) is 5.91 Å². The molecule has 0 radical (unpaired) electrons. The van der Waals surface area contributed by atoms with E-state index in [1.807, 2.05) is 50.2 Å². The highest BCUT2D eigenvalue weighted by Gasteiger charge is 2.37. The molecule has 0 aliphatic rings. The number of benzene rings is 2. The molecule has 2 aromatic rings. The first-order valence-corrected chi connectivity index (χ1v) is 12.2. The second-order valence-electron chi connectivity index (χ2n) is 10.2. The summed E-state index contributed by atoms with van der Waals surface area (Å²) in [6.45, 7) is 12.1. The first kappa shape index (κ1) is 28.8. The number of aliphatic hydroxyl groups is 1. The maximum Gasteiger partial charge on any atom is 0.408 e. The number of carbonyl (C=O) groups excluding carboxylic acids is 3. The number of amides is 3. The van der Waals surface area contributed by atoms with Gasteiger partial charge in [0.2, 0.25) is 5.91 Å². The topological polar surface area (TPSA) is 108 Å². The summed E-state index contributed by atoms with van der Waals surface area (Å²) >= 11 is 0. The van der Waals surface area contributed by atoms with Crippen molar-refractivity contribution < 1.29 is 24.2 Å². The second kappa shape index (κ2) is 12.5. The molecule has 0 aromatic heterocycles. The Kier molecular flexibility index (Phi) is 10.0. The second-order valence-corrected chi connectivity index (χ2v) is 10.2. The van der Waals surface area contributed by atoms with Crippen molar-refractivity contribution in [2.75, 3.05) is 18.5 Å². The van der Waals surface area contributed by atoms with Crippen LogP contribution in [0.1, 0.15) is 57.4 Å². The van der Waals surface area contributed by atoms with Gasteiger partial charge in [-0.3, -0.25) is 9.59 Å². The summed E-state index contributed by atoms with van der Waals surface area (Å²) in [5, 5.41) is 15.5. The molecule has 3 amide bonds. The molecule has 36 heavy (non-hydrogen) atoms. The van der Waals surface area contributed by atoms with Crippen LogP contribution in [0.5, 0.6) is 0 Å². The average molecular weight is 498 g/mol. The number of para-hydroxylation sites is 1. The Hall–Kier alpha value is -3.39. The molecule has 0 aliphatic heterocycles. The lowest BCUT2D eigenvalue weighted by atomic mass is 9.98. The van der Waals surface area contributed by atoms with Gasteiger partial charge in [-0.25, -0.2) is 4.79 Å². The zero-order valence-electron chi connectivity index (χ0n) is 22.3. The third-order valence-corrected chi connectivity index (χ3v) is 5.55. The van der Waals surface area contributed by atoms with E-state index in [0.29, 0.717) is 11.3 Å². The summed E-state index contributed by atoms with van der Waals surface area (Å²) in [6, 6.07) is 12.7. The van der Waals surface area contributed by atoms with Crippen LogP contribution in [-0.2, 0) is 14.3 Å². The van der Waals surface area contributed by atoms with Crippen molar-refractivity contribution in [2.24, 2.45) is 5.92 Å². The fraction of sp³-hybridized carbons (Fsp3) is 0.464. The van der Waals surface area contributed by atoms with Gasteiger partial charge >= 0.3 is 6.09 Å². The number of hydrogen-bond donors (Lipinski definition) is 3. The number of nitrogens with zero attached hydrogens (tertiary/aromatic N) is 1. The largest absolute Gasteiger partial charge is 0.444 e. The molecule has 2 atom stereocenters. The van der Waals surface area contributed by atoms with Gasteiger partial charge in [0.15, 0.2) is 0 Å². The first-order chi connectivity index (χ1) is 16.8. The Morgan fingerprint density at radius 2 is 1.69 bits per heavy atom. The normalized spacial score (nSPS) is 13.0. The van der Waals surface area contributed by atoms with Crippen molar-refractivity contribution in [1.82, 2.24) is 10.2 Å². The number of nitrogens with one attached hydrogen (secondary N) is 2. The van der Waals surface area contributed by atoms with Crippen LogP contribution in [0, 0.1) is 19.8 Å². The molecule has 8 heteroatoms. The van der Waals surface area contributed by atoms with Gasteiger partial charge in [-0.05, 0) is 57.7 Å². The van der Waals surface area contributed by atoms with Crippen LogP contribution in [-0.4, -0.2) is 52.7 Å². The fourth-order valence-corrected chi connectivity index (χ4v) is 3.83. The molecule has 0 aliphatic carbocycles. The van der Waals surface area contributed by atoms with Crippen LogP contribution in [0.4, 0.5) is 10.5 Å². The maximum absolute atomic E-state index is 13.9. The molecule has 0 spiro atoms. The van der Waals surface area contributed by atoms with Gasteiger partial charge in [-0.1, -0.05) is 61.9 Å². The number of carbonyl (C=O) groups is 3. The van der Waals surface area contributed by atoms with Gasteiger partial charge in [-0.15, -0.1) is 0 Å². The van der Waals surface area contributed by atoms with E-state index >= 15 is 0 Å². The molecular formula is C28H39N3O5. The van der Waals surface area contributed by atoms with E-state index in [1.54, 1.807) is 46.8 Å². The molecule has 0 heterocycles. The minimum absolute atomic E-state index is 0.0994. The smallest absolute Gasteiger partial charge is 0.408 e. The van der Waals surface area contributed by atoms with Gasteiger partial charge in [0.1, 0.15) is 17.7 Å². The minimum Gasteiger partial charge on any atom is -0.444 e.